The van der Waals surface area contributed by atoms with Crippen molar-refractivity contribution in [3.8, 4) is 0 Å². The molecule has 72 valence electrons. The van der Waals surface area contributed by atoms with Gasteiger partial charge in [-0.1, -0.05) is 0 Å². The maximum absolute atomic E-state index is 10.4. The Hall–Kier alpha value is -0.310. The average molecular weight is 215 g/mol. The molecule has 3 unspecified atom stereocenters. The quantitative estimate of drug-likeness (QED) is 0.516. The van der Waals surface area contributed by atoms with E-state index in [1.165, 1.54) is 0 Å². The van der Waals surface area contributed by atoms with Crippen LogP contribution in [-0.2, 0) is 27.0 Å². The number of hydrogen-bond donors (Lipinski definition) is 3. The Morgan fingerprint density at radius 1 is 1.50 bits per heavy atom. The van der Waals surface area contributed by atoms with E-state index in [4.69, 9.17) is 9.11 Å². The molecule has 0 heterocycles. The summed E-state index contributed by atoms with van der Waals surface area (Å²) >= 11 is -4.53. The first kappa shape index (κ1) is 11.7. The summed E-state index contributed by atoms with van der Waals surface area (Å²) in [6, 6.07) is 0. The van der Waals surface area contributed by atoms with E-state index in [9.17, 15) is 13.2 Å². The van der Waals surface area contributed by atoms with E-state index >= 15 is 0 Å². The molecule has 8 heteroatoms. The van der Waals surface area contributed by atoms with Crippen LogP contribution in [-0.4, -0.2) is 34.6 Å². The van der Waals surface area contributed by atoms with E-state index in [1.807, 2.05) is 0 Å². The van der Waals surface area contributed by atoms with E-state index in [1.54, 1.807) is 0 Å². The van der Waals surface area contributed by atoms with Crippen LogP contribution in [0.5, 0.6) is 0 Å². The van der Waals surface area contributed by atoms with Crippen molar-refractivity contribution < 1.29 is 22.3 Å². The minimum atomic E-state index is -2.33. The Labute approximate surface area is 74.3 Å². The fourth-order valence-electron chi connectivity index (χ4n) is 0.506. The minimum absolute atomic E-state index is 0.456. The third-order valence-electron chi connectivity index (χ3n) is 0.902. The summed E-state index contributed by atoms with van der Waals surface area (Å²) in [4.78, 5) is 10.4. The predicted molar refractivity (Wildman–Crippen MR) is 44.0 cm³/mol. The standard InChI is InChI=1S/C4H9NO5S2/c1-3(6)5-4(12(9)10)2-11(7)8/h4H,2H2,1H3,(H,5,6)(H,7,8)(H,9,10). The third kappa shape index (κ3) is 5.35. The molecule has 6 nitrogen and oxygen atoms in total. The van der Waals surface area contributed by atoms with Crippen molar-refractivity contribution in [3.05, 3.63) is 0 Å². The van der Waals surface area contributed by atoms with Crippen molar-refractivity contribution in [2.75, 3.05) is 5.75 Å². The molecule has 0 saturated carbocycles. The normalized spacial score (nSPS) is 17.9. The van der Waals surface area contributed by atoms with E-state index in [0.717, 1.165) is 6.92 Å². The van der Waals surface area contributed by atoms with Crippen LogP contribution in [0.15, 0.2) is 0 Å². The molecule has 0 aromatic carbocycles. The number of carbonyl (C=O) groups is 1. The van der Waals surface area contributed by atoms with Gasteiger partial charge in [0.25, 0.3) is 0 Å². The lowest BCUT2D eigenvalue weighted by atomic mass is 10.6. The summed E-state index contributed by atoms with van der Waals surface area (Å²) in [6.45, 7) is 1.15. The monoisotopic (exact) mass is 215 g/mol. The summed E-state index contributed by atoms with van der Waals surface area (Å²) < 4.78 is 37.5. The first-order valence-electron chi connectivity index (χ1n) is 2.87. The topological polar surface area (TPSA) is 104 Å². The zero-order valence-electron chi connectivity index (χ0n) is 6.22. The second kappa shape index (κ2) is 5.36. The Balaban J connectivity index is 4.14. The van der Waals surface area contributed by atoms with Gasteiger partial charge in [-0.2, -0.15) is 0 Å². The van der Waals surface area contributed by atoms with Gasteiger partial charge in [0.1, 0.15) is 5.37 Å². The fourth-order valence-corrected chi connectivity index (χ4v) is 1.93. The molecular weight excluding hydrogens is 206 g/mol. The van der Waals surface area contributed by atoms with Gasteiger partial charge < -0.3 is 14.4 Å². The molecule has 0 aliphatic carbocycles. The van der Waals surface area contributed by atoms with Gasteiger partial charge in [0.05, 0.1) is 5.75 Å². The molecule has 0 aliphatic heterocycles. The van der Waals surface area contributed by atoms with Gasteiger partial charge in [-0.25, -0.2) is 8.42 Å². The smallest absolute Gasteiger partial charge is 0.217 e. The average Bonchev–Trinajstić information content (AvgIpc) is 1.83. The van der Waals surface area contributed by atoms with Crippen LogP contribution >= 0.6 is 0 Å². The minimum Gasteiger partial charge on any atom is -0.339 e. The van der Waals surface area contributed by atoms with Gasteiger partial charge in [0.15, 0.2) is 22.2 Å². The summed E-state index contributed by atoms with van der Waals surface area (Å²) in [5, 5.41) is 0.882. The van der Waals surface area contributed by atoms with Crippen molar-refractivity contribution in [2.45, 2.75) is 12.3 Å². The molecule has 12 heavy (non-hydrogen) atoms. The van der Waals surface area contributed by atoms with Crippen molar-refractivity contribution in [2.24, 2.45) is 0 Å². The van der Waals surface area contributed by atoms with E-state index in [2.05, 4.69) is 5.32 Å². The van der Waals surface area contributed by atoms with Crippen molar-refractivity contribution in [1.29, 1.82) is 0 Å². The lowest BCUT2D eigenvalue weighted by Gasteiger charge is -2.10. The second-order valence-corrected chi connectivity index (χ2v) is 4.05. The molecule has 0 radical (unpaired) electrons. The van der Waals surface area contributed by atoms with Gasteiger partial charge in [-0.3, -0.25) is 4.79 Å². The van der Waals surface area contributed by atoms with Crippen molar-refractivity contribution in [1.82, 2.24) is 5.32 Å². The van der Waals surface area contributed by atoms with E-state index in [0.29, 0.717) is 0 Å². The molecule has 3 N–H and O–H groups in total. The van der Waals surface area contributed by atoms with Crippen LogP contribution in [0.25, 0.3) is 0 Å². The molecule has 0 bridgehead atoms. The van der Waals surface area contributed by atoms with E-state index < -0.39 is 39.2 Å². The molecule has 0 spiro atoms. The fraction of sp³-hybridized carbons (Fsp3) is 0.750. The molecular formula is C4H9NO5S2. The lowest BCUT2D eigenvalue weighted by Crippen LogP contribution is -2.40. The highest BCUT2D eigenvalue weighted by Crippen LogP contribution is 1.91. The maximum Gasteiger partial charge on any atom is 0.217 e. The van der Waals surface area contributed by atoms with Crippen LogP contribution in [0.1, 0.15) is 6.92 Å². The third-order valence-corrected chi connectivity index (χ3v) is 2.50. The first-order valence-corrected chi connectivity index (χ1v) is 5.32. The number of amides is 1. The molecule has 0 saturated heterocycles. The first-order chi connectivity index (χ1) is 5.43. The zero-order valence-corrected chi connectivity index (χ0v) is 7.85. The number of hydrogen-bond acceptors (Lipinski definition) is 3. The van der Waals surface area contributed by atoms with Crippen molar-refractivity contribution >= 4 is 28.1 Å². The molecule has 0 fully saturated rings. The van der Waals surface area contributed by atoms with E-state index in [-0.39, 0.29) is 0 Å². The van der Waals surface area contributed by atoms with Gasteiger partial charge >= 0.3 is 0 Å². The van der Waals surface area contributed by atoms with Crippen LogP contribution in [0.2, 0.25) is 0 Å². The lowest BCUT2D eigenvalue weighted by molar-refractivity contribution is -0.119. The Morgan fingerprint density at radius 3 is 2.25 bits per heavy atom. The number of carbonyl (C=O) groups excluding carboxylic acids is 1. The largest absolute Gasteiger partial charge is 0.339 e. The molecule has 3 atom stereocenters. The predicted octanol–water partition coefficient (Wildman–Crippen LogP) is -1.11. The molecule has 0 rings (SSSR count). The Kier molecular flexibility index (Phi) is 5.22. The highest BCUT2D eigenvalue weighted by atomic mass is 32.2. The number of rotatable bonds is 4. The van der Waals surface area contributed by atoms with Crippen LogP contribution in [0.3, 0.4) is 0 Å². The SMILES string of the molecule is CC(=O)NC(CS(=O)O)S(=O)O. The van der Waals surface area contributed by atoms with Gasteiger partial charge in [-0.15, -0.1) is 0 Å². The summed E-state index contributed by atoms with van der Waals surface area (Å²) in [5.41, 5.74) is 0. The molecule has 0 aromatic rings. The maximum atomic E-state index is 10.4. The zero-order chi connectivity index (χ0) is 9.72. The Bertz CT molecular complexity index is 201. The summed E-state index contributed by atoms with van der Waals surface area (Å²) in [7, 11) is 0. The molecule has 0 aromatic heterocycles. The highest BCUT2D eigenvalue weighted by Gasteiger charge is 2.18. The Morgan fingerprint density at radius 2 is 2.00 bits per heavy atom. The summed E-state index contributed by atoms with van der Waals surface area (Å²) in [6.07, 6.45) is 0. The van der Waals surface area contributed by atoms with Crippen LogP contribution in [0, 0.1) is 0 Å². The van der Waals surface area contributed by atoms with Crippen LogP contribution in [0.4, 0.5) is 0 Å². The van der Waals surface area contributed by atoms with Gasteiger partial charge in [0.2, 0.25) is 5.91 Å². The second-order valence-electron chi connectivity index (χ2n) is 1.95. The summed E-state index contributed by atoms with van der Waals surface area (Å²) in [5.74, 6) is -0.976. The number of nitrogens with one attached hydrogen (secondary N) is 1. The molecule has 0 aliphatic rings. The van der Waals surface area contributed by atoms with Gasteiger partial charge in [-0.05, 0) is 0 Å². The van der Waals surface area contributed by atoms with Crippen molar-refractivity contribution in [3.63, 3.8) is 0 Å². The van der Waals surface area contributed by atoms with Gasteiger partial charge in [0, 0.05) is 6.92 Å². The molecule has 1 amide bonds. The van der Waals surface area contributed by atoms with Crippen LogP contribution < -0.4 is 5.32 Å². The highest BCUT2D eigenvalue weighted by molar-refractivity contribution is 7.83.